The van der Waals surface area contributed by atoms with Gasteiger partial charge in [-0.05, 0) is 63.4 Å². The van der Waals surface area contributed by atoms with Crippen molar-refractivity contribution < 1.29 is 23.1 Å². The van der Waals surface area contributed by atoms with E-state index in [1.165, 1.54) is 6.07 Å². The average molecular weight is 539 g/mol. The molecule has 36 heavy (non-hydrogen) atoms. The summed E-state index contributed by atoms with van der Waals surface area (Å²) in [5, 5.41) is 23.8. The van der Waals surface area contributed by atoms with Crippen molar-refractivity contribution in [2.75, 3.05) is 46.4 Å². The van der Waals surface area contributed by atoms with Crippen LogP contribution in [0.1, 0.15) is 31.2 Å². The molecule has 4 rings (SSSR count). The summed E-state index contributed by atoms with van der Waals surface area (Å²) >= 11 is 6.04. The van der Waals surface area contributed by atoms with Crippen molar-refractivity contribution in [2.24, 2.45) is 11.8 Å². The highest BCUT2D eigenvalue weighted by Crippen LogP contribution is 2.42. The Labute approximate surface area is 218 Å². The summed E-state index contributed by atoms with van der Waals surface area (Å²) in [6, 6.07) is 6.98. The predicted molar refractivity (Wildman–Crippen MR) is 135 cm³/mol. The SMILES string of the molecule is Cc1cc(Cl)ccc1S(=O)(=O)[C@H]1CC(C(O)N2CCOCC2)[C@H](C(=O)NC2(C#N)CCN(C)CC2)C1. The van der Waals surface area contributed by atoms with Crippen molar-refractivity contribution in [3.05, 3.63) is 28.8 Å². The van der Waals surface area contributed by atoms with E-state index in [1.807, 2.05) is 11.9 Å². The molecule has 9 nitrogen and oxygen atoms in total. The van der Waals surface area contributed by atoms with Crippen LogP contribution < -0.4 is 5.32 Å². The van der Waals surface area contributed by atoms with Gasteiger partial charge >= 0.3 is 0 Å². The molecular weight excluding hydrogens is 504 g/mol. The number of nitriles is 1. The van der Waals surface area contributed by atoms with Crippen LogP contribution >= 0.6 is 11.6 Å². The number of halogens is 1. The summed E-state index contributed by atoms with van der Waals surface area (Å²) in [6.45, 7) is 5.03. The molecule has 198 valence electrons. The number of hydrogen-bond acceptors (Lipinski definition) is 8. The number of carbonyl (C=O) groups excluding carboxylic acids is 1. The predicted octanol–water partition coefficient (Wildman–Crippen LogP) is 1.57. The van der Waals surface area contributed by atoms with Crippen molar-refractivity contribution in [1.82, 2.24) is 15.1 Å². The van der Waals surface area contributed by atoms with Crippen molar-refractivity contribution >= 4 is 27.3 Å². The first kappa shape index (κ1) is 27.3. The number of likely N-dealkylation sites (tertiary alicyclic amines) is 1. The van der Waals surface area contributed by atoms with Crippen LogP contribution in [0.5, 0.6) is 0 Å². The third-order valence-electron chi connectivity index (χ3n) is 8.01. The molecule has 2 saturated heterocycles. The Bertz CT molecular complexity index is 1110. The van der Waals surface area contributed by atoms with E-state index in [0.717, 1.165) is 0 Å². The normalized spacial score (nSPS) is 28.4. The monoisotopic (exact) mass is 538 g/mol. The summed E-state index contributed by atoms with van der Waals surface area (Å²) < 4.78 is 32.8. The van der Waals surface area contributed by atoms with Crippen LogP contribution in [0, 0.1) is 30.1 Å². The molecule has 3 aliphatic rings. The number of carbonyl (C=O) groups is 1. The number of hydrogen-bond donors (Lipinski definition) is 2. The number of aryl methyl sites for hydroxylation is 1. The van der Waals surface area contributed by atoms with Crippen molar-refractivity contribution in [2.45, 2.75) is 54.5 Å². The fourth-order valence-electron chi connectivity index (χ4n) is 5.72. The number of rotatable bonds is 6. The van der Waals surface area contributed by atoms with Gasteiger partial charge in [0.15, 0.2) is 9.84 Å². The van der Waals surface area contributed by atoms with Crippen LogP contribution in [0.25, 0.3) is 0 Å². The number of piperidine rings is 1. The van der Waals surface area contributed by atoms with Crippen molar-refractivity contribution in [3.63, 3.8) is 0 Å². The van der Waals surface area contributed by atoms with Crippen LogP contribution in [-0.4, -0.2) is 92.7 Å². The summed E-state index contributed by atoms with van der Waals surface area (Å²) in [6.07, 6.45) is 0.265. The van der Waals surface area contributed by atoms with Gasteiger partial charge in [-0.1, -0.05) is 11.6 Å². The number of nitrogens with one attached hydrogen (secondary N) is 1. The van der Waals surface area contributed by atoms with Crippen LogP contribution in [0.3, 0.4) is 0 Å². The second kappa shape index (κ2) is 10.9. The van der Waals surface area contributed by atoms with Gasteiger partial charge in [0.05, 0.1) is 29.4 Å². The van der Waals surface area contributed by atoms with Crippen molar-refractivity contribution in [3.8, 4) is 6.07 Å². The third-order valence-corrected chi connectivity index (χ3v) is 10.6. The maximum absolute atomic E-state index is 13.7. The minimum Gasteiger partial charge on any atom is -0.379 e. The quantitative estimate of drug-likeness (QED) is 0.559. The second-order valence-electron chi connectivity index (χ2n) is 10.4. The van der Waals surface area contributed by atoms with E-state index in [0.29, 0.717) is 62.8 Å². The Morgan fingerprint density at radius 1 is 1.25 bits per heavy atom. The van der Waals surface area contributed by atoms with E-state index in [4.69, 9.17) is 16.3 Å². The van der Waals surface area contributed by atoms with Gasteiger partial charge < -0.3 is 20.1 Å². The zero-order chi connectivity index (χ0) is 26.1. The summed E-state index contributed by atoms with van der Waals surface area (Å²) in [7, 11) is -1.80. The van der Waals surface area contributed by atoms with Gasteiger partial charge in [-0.15, -0.1) is 0 Å². The number of nitrogens with zero attached hydrogens (tertiary/aromatic N) is 3. The number of ether oxygens (including phenoxy) is 1. The minimum absolute atomic E-state index is 0.0870. The minimum atomic E-state index is -3.78. The molecule has 4 atom stereocenters. The molecule has 11 heteroatoms. The van der Waals surface area contributed by atoms with Gasteiger partial charge in [-0.25, -0.2) is 8.42 Å². The molecule has 1 aromatic carbocycles. The highest BCUT2D eigenvalue weighted by atomic mass is 35.5. The number of benzene rings is 1. The summed E-state index contributed by atoms with van der Waals surface area (Å²) in [5.41, 5.74) is -0.433. The van der Waals surface area contributed by atoms with Crippen LogP contribution in [0.15, 0.2) is 23.1 Å². The third kappa shape index (κ3) is 5.57. The van der Waals surface area contributed by atoms with E-state index in [1.54, 1.807) is 19.1 Å². The van der Waals surface area contributed by atoms with Gasteiger partial charge in [0.25, 0.3) is 0 Å². The Hall–Kier alpha value is -1.74. The number of amides is 1. The highest BCUT2D eigenvalue weighted by Gasteiger charge is 2.50. The highest BCUT2D eigenvalue weighted by molar-refractivity contribution is 7.92. The van der Waals surface area contributed by atoms with E-state index in [2.05, 4.69) is 16.3 Å². The molecule has 1 amide bonds. The van der Waals surface area contributed by atoms with Gasteiger partial charge in [-0.2, -0.15) is 5.26 Å². The largest absolute Gasteiger partial charge is 0.379 e. The van der Waals surface area contributed by atoms with E-state index in [-0.39, 0.29) is 23.6 Å². The Balaban J connectivity index is 1.61. The second-order valence-corrected chi connectivity index (χ2v) is 13.0. The average Bonchev–Trinajstić information content (AvgIpc) is 3.32. The maximum atomic E-state index is 13.7. The molecule has 2 N–H and O–H groups in total. The molecule has 3 fully saturated rings. The molecule has 2 aliphatic heterocycles. The zero-order valence-corrected chi connectivity index (χ0v) is 22.4. The molecule has 2 heterocycles. The summed E-state index contributed by atoms with van der Waals surface area (Å²) in [5.74, 6) is -1.68. The fourth-order valence-corrected chi connectivity index (χ4v) is 8.01. The number of sulfone groups is 1. The lowest BCUT2D eigenvalue weighted by Crippen LogP contribution is -2.56. The Morgan fingerprint density at radius 2 is 1.92 bits per heavy atom. The maximum Gasteiger partial charge on any atom is 0.224 e. The van der Waals surface area contributed by atoms with Gasteiger partial charge in [0, 0.05) is 43.0 Å². The molecular formula is C25H35ClN4O5S. The molecule has 0 spiro atoms. The van der Waals surface area contributed by atoms with Crippen LogP contribution in [-0.2, 0) is 19.4 Å². The standard InChI is InChI=1S/C25H35ClN4O5S/c1-17-13-18(26)3-4-22(17)36(33,34)19-14-20(21(15-19)24(32)30-9-11-35-12-10-30)23(31)28-25(16-27)5-7-29(2)8-6-25/h3-4,13,19-21,24,32H,5-12,14-15H2,1-2H3,(H,28,31)/t19-,20-,21?,24?/m1/s1. The van der Waals surface area contributed by atoms with Gasteiger partial charge in [0.2, 0.25) is 5.91 Å². The Kier molecular flexibility index (Phi) is 8.29. The smallest absolute Gasteiger partial charge is 0.224 e. The Morgan fingerprint density at radius 3 is 2.53 bits per heavy atom. The van der Waals surface area contributed by atoms with Crippen LogP contribution in [0.2, 0.25) is 5.02 Å². The molecule has 1 aliphatic carbocycles. The molecule has 0 aromatic heterocycles. The fraction of sp³-hybridized carbons (Fsp3) is 0.680. The first-order chi connectivity index (χ1) is 17.1. The van der Waals surface area contributed by atoms with Crippen LogP contribution in [0.4, 0.5) is 0 Å². The van der Waals surface area contributed by atoms with Gasteiger partial charge in [0.1, 0.15) is 11.8 Å². The lowest BCUT2D eigenvalue weighted by atomic mass is 9.86. The lowest BCUT2D eigenvalue weighted by Gasteiger charge is -2.39. The molecule has 1 saturated carbocycles. The molecule has 0 radical (unpaired) electrons. The van der Waals surface area contributed by atoms with E-state index < -0.39 is 38.7 Å². The number of morpholine rings is 1. The molecule has 2 unspecified atom stereocenters. The molecule has 1 aromatic rings. The number of aliphatic hydroxyl groups excluding tert-OH is 1. The van der Waals surface area contributed by atoms with Gasteiger partial charge in [-0.3, -0.25) is 9.69 Å². The summed E-state index contributed by atoms with van der Waals surface area (Å²) in [4.78, 5) is 17.8. The lowest BCUT2D eigenvalue weighted by molar-refractivity contribution is -0.135. The van der Waals surface area contributed by atoms with E-state index >= 15 is 0 Å². The zero-order valence-electron chi connectivity index (χ0n) is 20.8. The first-order valence-electron chi connectivity index (χ1n) is 12.5. The topological polar surface area (TPSA) is 123 Å². The van der Waals surface area contributed by atoms with E-state index in [9.17, 15) is 23.6 Å². The molecule has 0 bridgehead atoms. The van der Waals surface area contributed by atoms with Crippen molar-refractivity contribution in [1.29, 1.82) is 5.26 Å². The first-order valence-corrected chi connectivity index (χ1v) is 14.4. The number of aliphatic hydroxyl groups is 1.